The second-order valence-corrected chi connectivity index (χ2v) is 3.14. The van der Waals surface area contributed by atoms with E-state index in [2.05, 4.69) is 0 Å². The summed E-state index contributed by atoms with van der Waals surface area (Å²) in [6.45, 7) is 0. The Morgan fingerprint density at radius 3 is 2.60 bits per heavy atom. The maximum absolute atomic E-state index is 13.5. The van der Waals surface area contributed by atoms with Crippen LogP contribution in [-0.2, 0) is 6.42 Å². The molecule has 0 saturated carbocycles. The summed E-state index contributed by atoms with van der Waals surface area (Å²) in [6, 6.07) is 3.02. The molecule has 0 fully saturated rings. The van der Waals surface area contributed by atoms with Crippen molar-refractivity contribution in [3.05, 3.63) is 29.6 Å². The monoisotopic (exact) mass is 219 g/mol. The molecule has 0 aliphatic heterocycles. The van der Waals surface area contributed by atoms with E-state index in [1.54, 1.807) is 0 Å². The molecule has 2 N–H and O–H groups in total. The van der Waals surface area contributed by atoms with Gasteiger partial charge >= 0.3 is 0 Å². The summed E-state index contributed by atoms with van der Waals surface area (Å²) in [5.41, 5.74) is 5.29. The highest BCUT2D eigenvalue weighted by molar-refractivity contribution is 5.31. The number of methoxy groups -OCH3 is 1. The summed E-state index contributed by atoms with van der Waals surface area (Å²) in [7, 11) is 1.31. The molecule has 0 radical (unpaired) electrons. The van der Waals surface area contributed by atoms with Crippen molar-refractivity contribution in [2.75, 3.05) is 7.11 Å². The van der Waals surface area contributed by atoms with Gasteiger partial charge < -0.3 is 10.5 Å². The Morgan fingerprint density at radius 1 is 1.40 bits per heavy atom. The molecule has 0 aliphatic carbocycles. The molecule has 0 spiro atoms. The zero-order chi connectivity index (χ0) is 11.4. The van der Waals surface area contributed by atoms with Crippen LogP contribution in [0.2, 0.25) is 0 Å². The van der Waals surface area contributed by atoms with Crippen molar-refractivity contribution in [1.29, 1.82) is 0 Å². The Balaban J connectivity index is 2.86. The molecule has 84 valence electrons. The summed E-state index contributed by atoms with van der Waals surface area (Å²) in [4.78, 5) is 0. The van der Waals surface area contributed by atoms with Gasteiger partial charge in [-0.2, -0.15) is 0 Å². The van der Waals surface area contributed by atoms with Crippen LogP contribution in [0, 0.1) is 5.82 Å². The van der Waals surface area contributed by atoms with E-state index in [0.717, 1.165) is 0 Å². The second-order valence-electron chi connectivity index (χ2n) is 3.14. The van der Waals surface area contributed by atoms with Crippen molar-refractivity contribution < 1.29 is 17.9 Å². The lowest BCUT2D eigenvalue weighted by Gasteiger charge is -2.12. The van der Waals surface area contributed by atoms with Gasteiger partial charge in [0.1, 0.15) is 0 Å². The van der Waals surface area contributed by atoms with Crippen LogP contribution in [0.3, 0.4) is 0 Å². The maximum atomic E-state index is 13.5. The molecule has 0 amide bonds. The fourth-order valence-corrected chi connectivity index (χ4v) is 1.21. The van der Waals surface area contributed by atoms with Gasteiger partial charge in [-0.1, -0.05) is 12.1 Å². The predicted octanol–water partition coefficient (Wildman–Crippen LogP) is 1.97. The van der Waals surface area contributed by atoms with Crippen molar-refractivity contribution in [3.8, 4) is 5.75 Å². The first-order valence-corrected chi connectivity index (χ1v) is 4.41. The summed E-state index contributed by atoms with van der Waals surface area (Å²) in [5.74, 6) is -0.593. The quantitative estimate of drug-likeness (QED) is 0.840. The minimum Gasteiger partial charge on any atom is -0.494 e. The molecule has 15 heavy (non-hydrogen) atoms. The fraction of sp³-hybridized carbons (Fsp3) is 0.400. The van der Waals surface area contributed by atoms with Gasteiger partial charge in [-0.3, -0.25) is 0 Å². The Kier molecular flexibility index (Phi) is 3.96. The highest BCUT2D eigenvalue weighted by atomic mass is 19.3. The summed E-state index contributed by atoms with van der Waals surface area (Å²) in [6.07, 6.45) is -2.86. The van der Waals surface area contributed by atoms with Crippen LogP contribution in [0.1, 0.15) is 5.56 Å². The first kappa shape index (κ1) is 11.8. The molecule has 1 aromatic rings. The third-order valence-electron chi connectivity index (χ3n) is 2.04. The first-order chi connectivity index (χ1) is 7.06. The molecule has 1 unspecified atom stereocenters. The van der Waals surface area contributed by atoms with Gasteiger partial charge in [0.15, 0.2) is 11.6 Å². The number of hydrogen-bond acceptors (Lipinski definition) is 2. The van der Waals surface area contributed by atoms with Gasteiger partial charge in [0.05, 0.1) is 13.2 Å². The van der Waals surface area contributed by atoms with Crippen LogP contribution in [0.15, 0.2) is 18.2 Å². The largest absolute Gasteiger partial charge is 0.494 e. The SMILES string of the molecule is COc1cccc(CC(N)C(F)F)c1F. The van der Waals surface area contributed by atoms with E-state index in [0.29, 0.717) is 0 Å². The van der Waals surface area contributed by atoms with E-state index in [1.807, 2.05) is 0 Å². The Labute approximate surface area is 85.8 Å². The minimum atomic E-state index is -2.66. The molecule has 0 aromatic heterocycles. The van der Waals surface area contributed by atoms with Crippen molar-refractivity contribution in [1.82, 2.24) is 0 Å². The third kappa shape index (κ3) is 2.86. The number of alkyl halides is 2. The summed E-state index contributed by atoms with van der Waals surface area (Å²) >= 11 is 0. The Hall–Kier alpha value is -1.23. The lowest BCUT2D eigenvalue weighted by atomic mass is 10.1. The van der Waals surface area contributed by atoms with E-state index in [1.165, 1.54) is 25.3 Å². The van der Waals surface area contributed by atoms with Gasteiger partial charge in [-0.05, 0) is 18.1 Å². The van der Waals surface area contributed by atoms with Crippen molar-refractivity contribution >= 4 is 0 Å². The minimum absolute atomic E-state index is 0.0361. The van der Waals surface area contributed by atoms with Crippen LogP contribution in [0.4, 0.5) is 13.2 Å². The molecular formula is C10H12F3NO. The number of rotatable bonds is 4. The van der Waals surface area contributed by atoms with E-state index in [9.17, 15) is 13.2 Å². The number of ether oxygens (including phenoxy) is 1. The van der Waals surface area contributed by atoms with Crippen LogP contribution in [0.25, 0.3) is 0 Å². The van der Waals surface area contributed by atoms with Crippen LogP contribution >= 0.6 is 0 Å². The fourth-order valence-electron chi connectivity index (χ4n) is 1.21. The molecule has 2 nitrogen and oxygen atoms in total. The van der Waals surface area contributed by atoms with Crippen molar-refractivity contribution in [3.63, 3.8) is 0 Å². The Morgan fingerprint density at radius 2 is 2.07 bits per heavy atom. The average molecular weight is 219 g/mol. The van der Waals surface area contributed by atoms with Gasteiger partial charge in [-0.15, -0.1) is 0 Å². The predicted molar refractivity (Wildman–Crippen MR) is 50.6 cm³/mol. The van der Waals surface area contributed by atoms with Gasteiger partial charge in [0.2, 0.25) is 0 Å². The van der Waals surface area contributed by atoms with E-state index >= 15 is 0 Å². The summed E-state index contributed by atoms with van der Waals surface area (Å²) in [5, 5.41) is 0. The van der Waals surface area contributed by atoms with E-state index in [4.69, 9.17) is 10.5 Å². The van der Waals surface area contributed by atoms with Gasteiger partial charge in [0, 0.05) is 0 Å². The lowest BCUT2D eigenvalue weighted by molar-refractivity contribution is 0.115. The molecule has 5 heteroatoms. The highest BCUT2D eigenvalue weighted by Gasteiger charge is 2.18. The smallest absolute Gasteiger partial charge is 0.253 e. The molecule has 0 aliphatic rings. The van der Waals surface area contributed by atoms with Crippen LogP contribution in [-0.4, -0.2) is 19.6 Å². The average Bonchev–Trinajstić information content (AvgIpc) is 2.21. The molecule has 0 heterocycles. The second kappa shape index (κ2) is 5.02. The number of hydrogen-bond donors (Lipinski definition) is 1. The highest BCUT2D eigenvalue weighted by Crippen LogP contribution is 2.21. The number of benzene rings is 1. The normalized spacial score (nSPS) is 12.9. The molecule has 0 saturated heterocycles. The topological polar surface area (TPSA) is 35.2 Å². The van der Waals surface area contributed by atoms with Crippen LogP contribution in [0.5, 0.6) is 5.75 Å². The standard InChI is InChI=1S/C10H12F3NO/c1-15-8-4-2-3-6(9(8)11)5-7(14)10(12)13/h2-4,7,10H,5,14H2,1H3. The zero-order valence-corrected chi connectivity index (χ0v) is 8.21. The molecule has 0 bridgehead atoms. The molecule has 1 rings (SSSR count). The molecule has 1 atom stereocenters. The third-order valence-corrected chi connectivity index (χ3v) is 2.04. The number of nitrogens with two attached hydrogens (primary N) is 1. The summed E-state index contributed by atoms with van der Waals surface area (Å²) < 4.78 is 42.5. The van der Waals surface area contributed by atoms with E-state index in [-0.39, 0.29) is 17.7 Å². The van der Waals surface area contributed by atoms with Gasteiger partial charge in [-0.25, -0.2) is 13.2 Å². The van der Waals surface area contributed by atoms with Crippen LogP contribution < -0.4 is 10.5 Å². The number of halogens is 3. The van der Waals surface area contributed by atoms with Crippen molar-refractivity contribution in [2.45, 2.75) is 18.9 Å². The maximum Gasteiger partial charge on any atom is 0.253 e. The molecule has 1 aromatic carbocycles. The zero-order valence-electron chi connectivity index (χ0n) is 8.21. The van der Waals surface area contributed by atoms with E-state index < -0.39 is 18.3 Å². The first-order valence-electron chi connectivity index (χ1n) is 4.41. The van der Waals surface area contributed by atoms with Gasteiger partial charge in [0.25, 0.3) is 6.43 Å². The Bertz CT molecular complexity index is 330. The van der Waals surface area contributed by atoms with Crippen molar-refractivity contribution in [2.24, 2.45) is 5.73 Å². The molecular weight excluding hydrogens is 207 g/mol. The lowest BCUT2D eigenvalue weighted by Crippen LogP contribution is -2.31.